The highest BCUT2D eigenvalue weighted by Gasteiger charge is 2.20. The molecule has 0 atom stereocenters. The first-order chi connectivity index (χ1) is 12.3. The van der Waals surface area contributed by atoms with Gasteiger partial charge in [0.1, 0.15) is 5.75 Å². The van der Waals surface area contributed by atoms with Crippen LogP contribution in [0.25, 0.3) is 0 Å². The molecule has 0 fully saturated rings. The van der Waals surface area contributed by atoms with Crippen molar-refractivity contribution < 1.29 is 14.1 Å². The zero-order valence-electron chi connectivity index (χ0n) is 15.8. The first-order valence-electron chi connectivity index (χ1n) is 8.85. The first kappa shape index (κ1) is 20.2. The van der Waals surface area contributed by atoms with E-state index in [0.717, 1.165) is 6.42 Å². The molecule has 0 aliphatic rings. The van der Waals surface area contributed by atoms with Gasteiger partial charge in [0.2, 0.25) is 11.8 Å². The number of carbonyl (C=O) groups excluding carboxylic acids is 1. The maximum atomic E-state index is 12.2. The van der Waals surface area contributed by atoms with E-state index in [-0.39, 0.29) is 11.3 Å². The van der Waals surface area contributed by atoms with Gasteiger partial charge in [-0.05, 0) is 31.0 Å². The number of benzene rings is 1. The number of nitrogens with zero attached hydrogens (tertiary/aromatic N) is 2. The van der Waals surface area contributed by atoms with E-state index in [1.807, 2.05) is 27.7 Å². The molecule has 1 N–H and O–H groups in total. The number of nitrogens with one attached hydrogen (secondary N) is 1. The van der Waals surface area contributed by atoms with Gasteiger partial charge >= 0.3 is 0 Å². The van der Waals surface area contributed by atoms with Crippen molar-refractivity contribution in [2.24, 2.45) is 0 Å². The maximum Gasteiger partial charge on any atom is 0.226 e. The molecule has 0 spiro atoms. The molecule has 7 heteroatoms. The first-order valence-corrected chi connectivity index (χ1v) is 9.22. The average molecular weight is 380 g/mol. The van der Waals surface area contributed by atoms with E-state index >= 15 is 0 Å². The number of halogens is 1. The Labute approximate surface area is 159 Å². The van der Waals surface area contributed by atoms with Crippen molar-refractivity contribution in [3.05, 3.63) is 34.9 Å². The molecule has 1 aromatic carbocycles. The Bertz CT molecular complexity index is 738. The molecule has 1 heterocycles. The third-order valence-corrected chi connectivity index (χ3v) is 3.85. The Morgan fingerprint density at radius 1 is 1.35 bits per heavy atom. The monoisotopic (exact) mass is 379 g/mol. The molecule has 0 aliphatic carbocycles. The third-order valence-electron chi connectivity index (χ3n) is 3.61. The standard InChI is InChI=1S/C19H26ClN3O3/c1-5-11-25-15-10-9-13(20)12-14(15)21-16(24)7-6-8-17-22-18(23-26-17)19(2,3)4/h9-10,12H,5-8,11H2,1-4H3,(H,21,24). The van der Waals surface area contributed by atoms with Crippen LogP contribution in [0.4, 0.5) is 5.69 Å². The summed E-state index contributed by atoms with van der Waals surface area (Å²) >= 11 is 6.02. The number of ether oxygens (including phenoxy) is 1. The highest BCUT2D eigenvalue weighted by molar-refractivity contribution is 6.31. The van der Waals surface area contributed by atoms with Crippen LogP contribution in [0.1, 0.15) is 58.7 Å². The number of aryl methyl sites for hydroxylation is 1. The van der Waals surface area contributed by atoms with Crippen LogP contribution in [-0.2, 0) is 16.6 Å². The van der Waals surface area contributed by atoms with E-state index < -0.39 is 0 Å². The summed E-state index contributed by atoms with van der Waals surface area (Å²) in [6.45, 7) is 8.68. The minimum absolute atomic E-state index is 0.107. The second-order valence-corrected chi connectivity index (χ2v) is 7.59. The fourth-order valence-electron chi connectivity index (χ4n) is 2.21. The largest absolute Gasteiger partial charge is 0.491 e. The van der Waals surface area contributed by atoms with Gasteiger partial charge in [0.25, 0.3) is 0 Å². The van der Waals surface area contributed by atoms with Crippen LogP contribution in [-0.4, -0.2) is 22.7 Å². The van der Waals surface area contributed by atoms with Crippen molar-refractivity contribution in [1.29, 1.82) is 0 Å². The molecule has 2 rings (SSSR count). The minimum Gasteiger partial charge on any atom is -0.491 e. The fourth-order valence-corrected chi connectivity index (χ4v) is 2.38. The number of carbonyl (C=O) groups is 1. The highest BCUT2D eigenvalue weighted by atomic mass is 35.5. The van der Waals surface area contributed by atoms with E-state index in [4.69, 9.17) is 20.9 Å². The summed E-state index contributed by atoms with van der Waals surface area (Å²) in [5.74, 6) is 1.74. The fraction of sp³-hybridized carbons (Fsp3) is 0.526. The molecule has 0 saturated carbocycles. The summed E-state index contributed by atoms with van der Waals surface area (Å²) in [5.41, 5.74) is 0.435. The summed E-state index contributed by atoms with van der Waals surface area (Å²) in [6, 6.07) is 5.20. The minimum atomic E-state index is -0.152. The molecule has 26 heavy (non-hydrogen) atoms. The normalized spacial score (nSPS) is 11.4. The van der Waals surface area contributed by atoms with Crippen LogP contribution in [0.15, 0.2) is 22.7 Å². The highest BCUT2D eigenvalue weighted by Crippen LogP contribution is 2.28. The zero-order chi connectivity index (χ0) is 19.2. The van der Waals surface area contributed by atoms with Crippen molar-refractivity contribution >= 4 is 23.2 Å². The van der Waals surface area contributed by atoms with Gasteiger partial charge in [-0.15, -0.1) is 0 Å². The number of hydrogen-bond donors (Lipinski definition) is 1. The van der Waals surface area contributed by atoms with Crippen LogP contribution in [0.5, 0.6) is 5.75 Å². The molecule has 2 aromatic rings. The quantitative estimate of drug-likeness (QED) is 0.714. The lowest BCUT2D eigenvalue weighted by molar-refractivity contribution is -0.116. The van der Waals surface area contributed by atoms with Crippen molar-refractivity contribution in [2.75, 3.05) is 11.9 Å². The Balaban J connectivity index is 1.87. The summed E-state index contributed by atoms with van der Waals surface area (Å²) in [5, 5.41) is 7.39. The molecule has 142 valence electrons. The number of anilines is 1. The molecule has 0 radical (unpaired) electrons. The lowest BCUT2D eigenvalue weighted by atomic mass is 9.96. The van der Waals surface area contributed by atoms with Gasteiger partial charge in [0.15, 0.2) is 5.82 Å². The Kier molecular flexibility index (Phi) is 7.03. The summed E-state index contributed by atoms with van der Waals surface area (Å²) in [7, 11) is 0. The van der Waals surface area contributed by atoms with E-state index in [1.54, 1.807) is 18.2 Å². The number of amides is 1. The van der Waals surface area contributed by atoms with Crippen LogP contribution in [0.3, 0.4) is 0 Å². The summed E-state index contributed by atoms with van der Waals surface area (Å²) < 4.78 is 10.9. The number of hydrogen-bond acceptors (Lipinski definition) is 5. The van der Waals surface area contributed by atoms with E-state index in [1.165, 1.54) is 0 Å². The van der Waals surface area contributed by atoms with Crippen molar-refractivity contribution in [3.8, 4) is 5.75 Å². The van der Waals surface area contributed by atoms with Crippen LogP contribution in [0, 0.1) is 0 Å². The van der Waals surface area contributed by atoms with Crippen molar-refractivity contribution in [1.82, 2.24) is 10.1 Å². The van der Waals surface area contributed by atoms with Crippen LogP contribution in [0.2, 0.25) is 5.02 Å². The molecule has 1 aromatic heterocycles. The molecule has 0 saturated heterocycles. The number of rotatable bonds is 8. The van der Waals surface area contributed by atoms with Gasteiger partial charge in [0.05, 0.1) is 12.3 Å². The van der Waals surface area contributed by atoms with Crippen molar-refractivity contribution in [2.45, 2.75) is 58.8 Å². The lowest BCUT2D eigenvalue weighted by Crippen LogP contribution is -2.14. The van der Waals surface area contributed by atoms with Gasteiger partial charge in [-0.25, -0.2) is 0 Å². The third kappa shape index (κ3) is 6.02. The average Bonchev–Trinajstić information content (AvgIpc) is 3.03. The Hall–Kier alpha value is -2.08. The topological polar surface area (TPSA) is 77.2 Å². The molecular weight excluding hydrogens is 354 g/mol. The predicted molar refractivity (Wildman–Crippen MR) is 102 cm³/mol. The molecule has 0 unspecified atom stereocenters. The second kappa shape index (κ2) is 9.03. The lowest BCUT2D eigenvalue weighted by Gasteiger charge is -2.12. The summed E-state index contributed by atoms with van der Waals surface area (Å²) in [4.78, 5) is 16.6. The van der Waals surface area contributed by atoms with Crippen LogP contribution >= 0.6 is 11.6 Å². The Morgan fingerprint density at radius 2 is 2.12 bits per heavy atom. The van der Waals surface area contributed by atoms with Gasteiger partial charge in [-0.2, -0.15) is 4.98 Å². The molecule has 0 bridgehead atoms. The Morgan fingerprint density at radius 3 is 2.77 bits per heavy atom. The SMILES string of the molecule is CCCOc1ccc(Cl)cc1NC(=O)CCCc1nc(C(C)(C)C)no1. The zero-order valence-corrected chi connectivity index (χ0v) is 16.5. The molecule has 0 aliphatic heterocycles. The molecule has 6 nitrogen and oxygen atoms in total. The maximum absolute atomic E-state index is 12.2. The number of aromatic nitrogens is 2. The molecular formula is C19H26ClN3O3. The van der Waals surface area contributed by atoms with Gasteiger partial charge in [0, 0.05) is 23.3 Å². The van der Waals surface area contributed by atoms with Crippen LogP contribution < -0.4 is 10.1 Å². The van der Waals surface area contributed by atoms with Gasteiger partial charge < -0.3 is 14.6 Å². The van der Waals surface area contributed by atoms with Gasteiger partial charge in [-0.3, -0.25) is 4.79 Å². The predicted octanol–water partition coefficient (Wildman–Crippen LogP) is 4.77. The van der Waals surface area contributed by atoms with E-state index in [0.29, 0.717) is 54.0 Å². The van der Waals surface area contributed by atoms with E-state index in [2.05, 4.69) is 15.5 Å². The van der Waals surface area contributed by atoms with E-state index in [9.17, 15) is 4.79 Å². The smallest absolute Gasteiger partial charge is 0.226 e. The molecule has 1 amide bonds. The van der Waals surface area contributed by atoms with Crippen molar-refractivity contribution in [3.63, 3.8) is 0 Å². The summed E-state index contributed by atoms with van der Waals surface area (Å²) in [6.07, 6.45) is 2.40. The second-order valence-electron chi connectivity index (χ2n) is 7.15. The van der Waals surface area contributed by atoms with Gasteiger partial charge in [-0.1, -0.05) is 44.5 Å².